The van der Waals surface area contributed by atoms with Gasteiger partial charge in [-0.2, -0.15) is 0 Å². The molecule has 0 spiro atoms. The maximum absolute atomic E-state index is 6.71. The zero-order chi connectivity index (χ0) is 13.8. The van der Waals surface area contributed by atoms with E-state index < -0.39 is 0 Å². The minimum atomic E-state index is 0.114. The van der Waals surface area contributed by atoms with Gasteiger partial charge in [0, 0.05) is 18.8 Å². The minimum Gasteiger partial charge on any atom is -0.371 e. The molecule has 0 bridgehead atoms. The normalized spacial score (nSPS) is 20.6. The third-order valence-corrected chi connectivity index (χ3v) is 4.72. The van der Waals surface area contributed by atoms with Gasteiger partial charge in [0.2, 0.25) is 0 Å². The van der Waals surface area contributed by atoms with E-state index in [-0.39, 0.29) is 5.38 Å². The lowest BCUT2D eigenvalue weighted by atomic mass is 9.90. The van der Waals surface area contributed by atoms with Gasteiger partial charge in [0.05, 0.1) is 5.38 Å². The molecule has 2 unspecified atom stereocenters. The van der Waals surface area contributed by atoms with Crippen molar-refractivity contribution in [1.29, 1.82) is 0 Å². The number of anilines is 1. The van der Waals surface area contributed by atoms with Gasteiger partial charge in [-0.1, -0.05) is 48.5 Å². The summed E-state index contributed by atoms with van der Waals surface area (Å²) in [6.45, 7) is 2.19. The fraction of sp³-hybridized carbons (Fsp3) is 0.333. The number of alkyl halides is 1. The van der Waals surface area contributed by atoms with Gasteiger partial charge < -0.3 is 4.90 Å². The van der Waals surface area contributed by atoms with E-state index in [2.05, 4.69) is 59.5 Å². The minimum absolute atomic E-state index is 0.114. The van der Waals surface area contributed by atoms with Crippen molar-refractivity contribution in [1.82, 2.24) is 0 Å². The maximum Gasteiger partial charge on any atom is 0.0630 e. The first-order valence-corrected chi connectivity index (χ1v) is 7.77. The average Bonchev–Trinajstić information content (AvgIpc) is 2.56. The van der Waals surface area contributed by atoms with Crippen LogP contribution in [0.25, 0.3) is 0 Å². The van der Waals surface area contributed by atoms with Crippen molar-refractivity contribution < 1.29 is 0 Å². The smallest absolute Gasteiger partial charge is 0.0630 e. The molecule has 2 aromatic rings. The monoisotopic (exact) mass is 285 g/mol. The summed E-state index contributed by atoms with van der Waals surface area (Å²) in [5, 5.41) is 0.114. The van der Waals surface area contributed by atoms with Gasteiger partial charge in [0.1, 0.15) is 0 Å². The van der Waals surface area contributed by atoms with Crippen molar-refractivity contribution in [2.24, 2.45) is 5.92 Å². The van der Waals surface area contributed by atoms with Gasteiger partial charge in [0.15, 0.2) is 0 Å². The Hall–Kier alpha value is -1.47. The molecule has 2 aromatic carbocycles. The Morgan fingerprint density at radius 1 is 0.950 bits per heavy atom. The molecule has 20 heavy (non-hydrogen) atoms. The molecular formula is C18H20ClN. The molecule has 2 heteroatoms. The molecule has 1 saturated heterocycles. The number of nitrogens with zero attached hydrogens (tertiary/aromatic N) is 1. The summed E-state index contributed by atoms with van der Waals surface area (Å²) in [6.07, 6.45) is 2.43. The molecule has 1 aliphatic heterocycles. The maximum atomic E-state index is 6.71. The van der Waals surface area contributed by atoms with Crippen LogP contribution in [-0.4, -0.2) is 13.1 Å². The zero-order valence-corrected chi connectivity index (χ0v) is 12.3. The van der Waals surface area contributed by atoms with Crippen molar-refractivity contribution in [3.05, 3.63) is 66.2 Å². The molecule has 0 amide bonds. The van der Waals surface area contributed by atoms with Crippen LogP contribution in [0.4, 0.5) is 5.69 Å². The first kappa shape index (κ1) is 13.5. The number of piperidine rings is 1. The van der Waals surface area contributed by atoms with Crippen LogP contribution in [0.2, 0.25) is 0 Å². The second-order valence-corrected chi connectivity index (χ2v) is 5.97. The molecule has 1 fully saturated rings. The van der Waals surface area contributed by atoms with E-state index in [4.69, 9.17) is 11.6 Å². The molecule has 0 N–H and O–H groups in total. The van der Waals surface area contributed by atoms with Crippen LogP contribution in [0, 0.1) is 5.92 Å². The lowest BCUT2D eigenvalue weighted by molar-refractivity contribution is 0.403. The SMILES string of the molecule is ClC(c1ccccc1)C1CCCN(c2ccccc2)C1. The van der Waals surface area contributed by atoms with Gasteiger partial charge in [-0.3, -0.25) is 0 Å². The fourth-order valence-electron chi connectivity index (χ4n) is 3.03. The van der Waals surface area contributed by atoms with Gasteiger partial charge in [-0.25, -0.2) is 0 Å². The van der Waals surface area contributed by atoms with Crippen molar-refractivity contribution >= 4 is 17.3 Å². The first-order valence-electron chi connectivity index (χ1n) is 7.33. The predicted molar refractivity (Wildman–Crippen MR) is 86.4 cm³/mol. The van der Waals surface area contributed by atoms with Crippen LogP contribution in [-0.2, 0) is 0 Å². The Morgan fingerprint density at radius 2 is 1.60 bits per heavy atom. The number of hydrogen-bond acceptors (Lipinski definition) is 1. The summed E-state index contributed by atoms with van der Waals surface area (Å²) in [5.74, 6) is 0.521. The summed E-state index contributed by atoms with van der Waals surface area (Å²) >= 11 is 6.71. The number of halogens is 1. The highest BCUT2D eigenvalue weighted by molar-refractivity contribution is 6.21. The Morgan fingerprint density at radius 3 is 2.30 bits per heavy atom. The molecule has 0 aromatic heterocycles. The highest BCUT2D eigenvalue weighted by Crippen LogP contribution is 2.36. The molecule has 0 aliphatic carbocycles. The van der Waals surface area contributed by atoms with E-state index in [1.165, 1.54) is 24.1 Å². The lowest BCUT2D eigenvalue weighted by Gasteiger charge is -2.36. The van der Waals surface area contributed by atoms with Gasteiger partial charge in [-0.05, 0) is 36.5 Å². The van der Waals surface area contributed by atoms with Crippen molar-refractivity contribution in [2.75, 3.05) is 18.0 Å². The van der Waals surface area contributed by atoms with E-state index in [9.17, 15) is 0 Å². The van der Waals surface area contributed by atoms with Crippen LogP contribution in [0.5, 0.6) is 0 Å². The third-order valence-electron chi connectivity index (χ3n) is 4.11. The summed E-state index contributed by atoms with van der Waals surface area (Å²) in [5.41, 5.74) is 2.56. The van der Waals surface area contributed by atoms with Crippen LogP contribution in [0.3, 0.4) is 0 Å². The second kappa shape index (κ2) is 6.32. The summed E-state index contributed by atoms with van der Waals surface area (Å²) in [4.78, 5) is 2.46. The predicted octanol–water partition coefficient (Wildman–Crippen LogP) is 4.88. The van der Waals surface area contributed by atoms with Gasteiger partial charge in [0.25, 0.3) is 0 Å². The van der Waals surface area contributed by atoms with Crippen molar-refractivity contribution in [3.8, 4) is 0 Å². The zero-order valence-electron chi connectivity index (χ0n) is 11.6. The first-order chi connectivity index (χ1) is 9.84. The summed E-state index contributed by atoms with van der Waals surface area (Å²) in [6, 6.07) is 21.1. The van der Waals surface area contributed by atoms with Gasteiger partial charge in [-0.15, -0.1) is 11.6 Å². The summed E-state index contributed by atoms with van der Waals surface area (Å²) < 4.78 is 0. The molecule has 1 nitrogen and oxygen atoms in total. The Labute approximate surface area is 126 Å². The summed E-state index contributed by atoms with van der Waals surface area (Å²) in [7, 11) is 0. The standard InChI is InChI=1S/C18H20ClN/c19-18(15-8-3-1-4-9-15)16-10-7-13-20(14-16)17-11-5-2-6-12-17/h1-6,8-9,11-12,16,18H,7,10,13-14H2. The number of hydrogen-bond donors (Lipinski definition) is 0. The average molecular weight is 286 g/mol. The Bertz CT molecular complexity index is 488. The van der Waals surface area contributed by atoms with Crippen LogP contribution in [0.15, 0.2) is 60.7 Å². The molecule has 1 heterocycles. The van der Waals surface area contributed by atoms with Crippen molar-refractivity contribution in [2.45, 2.75) is 18.2 Å². The molecular weight excluding hydrogens is 266 g/mol. The van der Waals surface area contributed by atoms with E-state index in [0.717, 1.165) is 13.1 Å². The Balaban J connectivity index is 1.72. The molecule has 0 radical (unpaired) electrons. The third kappa shape index (κ3) is 2.99. The topological polar surface area (TPSA) is 3.24 Å². The lowest BCUT2D eigenvalue weighted by Crippen LogP contribution is -2.36. The molecule has 0 saturated carbocycles. The quantitative estimate of drug-likeness (QED) is 0.726. The van der Waals surface area contributed by atoms with Crippen LogP contribution < -0.4 is 4.90 Å². The van der Waals surface area contributed by atoms with E-state index in [1.807, 2.05) is 6.07 Å². The number of benzene rings is 2. The molecule has 3 rings (SSSR count). The fourth-order valence-corrected chi connectivity index (χ4v) is 3.38. The molecule has 104 valence electrons. The van der Waals surface area contributed by atoms with Gasteiger partial charge >= 0.3 is 0 Å². The second-order valence-electron chi connectivity index (χ2n) is 5.50. The van der Waals surface area contributed by atoms with E-state index in [1.54, 1.807) is 0 Å². The van der Waals surface area contributed by atoms with Crippen LogP contribution >= 0.6 is 11.6 Å². The van der Waals surface area contributed by atoms with Crippen molar-refractivity contribution in [3.63, 3.8) is 0 Å². The molecule has 2 atom stereocenters. The largest absolute Gasteiger partial charge is 0.371 e. The molecule has 1 aliphatic rings. The highest BCUT2D eigenvalue weighted by atomic mass is 35.5. The number of para-hydroxylation sites is 1. The van der Waals surface area contributed by atoms with E-state index in [0.29, 0.717) is 5.92 Å². The van der Waals surface area contributed by atoms with Crippen LogP contribution in [0.1, 0.15) is 23.8 Å². The Kier molecular flexibility index (Phi) is 4.27. The number of rotatable bonds is 3. The highest BCUT2D eigenvalue weighted by Gasteiger charge is 2.27. The van der Waals surface area contributed by atoms with E-state index >= 15 is 0 Å².